The number of carbonyl (C=O) groups excluding carboxylic acids is 1. The second kappa shape index (κ2) is 6.88. The van der Waals surface area contributed by atoms with Crippen LogP contribution in [0.4, 0.5) is 0 Å². The smallest absolute Gasteiger partial charge is 0.308 e. The molecule has 6 nitrogen and oxygen atoms in total. The van der Waals surface area contributed by atoms with Crippen LogP contribution in [-0.4, -0.2) is 44.8 Å². The number of rotatable bonds is 4. The Morgan fingerprint density at radius 1 is 1.28 bits per heavy atom. The number of hydrogen-bond acceptors (Lipinski definition) is 3. The van der Waals surface area contributed by atoms with Gasteiger partial charge in [0.2, 0.25) is 0 Å². The molecule has 1 aromatic heterocycles. The molecule has 0 spiro atoms. The van der Waals surface area contributed by atoms with Gasteiger partial charge in [-0.05, 0) is 30.2 Å². The number of carbonyl (C=O) groups is 2. The lowest BCUT2D eigenvalue weighted by molar-refractivity contribution is -0.141. The van der Waals surface area contributed by atoms with Gasteiger partial charge in [0.05, 0.1) is 11.6 Å². The predicted molar refractivity (Wildman–Crippen MR) is 93.8 cm³/mol. The molecule has 25 heavy (non-hydrogen) atoms. The maximum atomic E-state index is 12.8. The molecule has 1 fully saturated rings. The van der Waals surface area contributed by atoms with Crippen LogP contribution in [0.25, 0.3) is 0 Å². The average molecular weight is 362 g/mol. The minimum Gasteiger partial charge on any atom is -0.481 e. The van der Waals surface area contributed by atoms with Crippen molar-refractivity contribution in [3.8, 4) is 0 Å². The second-order valence-corrected chi connectivity index (χ2v) is 6.75. The molecule has 0 saturated carbocycles. The largest absolute Gasteiger partial charge is 0.481 e. The molecule has 1 amide bonds. The zero-order valence-electron chi connectivity index (χ0n) is 14.1. The molecule has 132 valence electrons. The number of halogens is 1. The molecule has 2 atom stereocenters. The monoisotopic (exact) mass is 361 g/mol. The Bertz CT molecular complexity index is 800. The third-order valence-electron chi connectivity index (χ3n) is 4.73. The van der Waals surface area contributed by atoms with Crippen LogP contribution in [0.5, 0.6) is 0 Å². The first-order valence-corrected chi connectivity index (χ1v) is 8.59. The highest BCUT2D eigenvalue weighted by Crippen LogP contribution is 2.34. The minimum atomic E-state index is -0.894. The zero-order chi connectivity index (χ0) is 18.1. The SMILES string of the molecule is CCc1cc(C(=O)N2C[C@@H](C(=O)O)[C@H](c3ccc(Cl)cc3)C2)n(C)n1. The number of hydrogen-bond donors (Lipinski definition) is 1. The van der Waals surface area contributed by atoms with E-state index in [1.165, 1.54) is 0 Å². The van der Waals surface area contributed by atoms with Crippen molar-refractivity contribution in [3.63, 3.8) is 0 Å². The molecular weight excluding hydrogens is 342 g/mol. The van der Waals surface area contributed by atoms with Crippen molar-refractivity contribution >= 4 is 23.5 Å². The molecule has 0 aliphatic carbocycles. The first-order valence-electron chi connectivity index (χ1n) is 8.21. The van der Waals surface area contributed by atoms with Crippen LogP contribution in [0.3, 0.4) is 0 Å². The molecule has 3 rings (SSSR count). The fraction of sp³-hybridized carbons (Fsp3) is 0.389. The molecule has 1 N–H and O–H groups in total. The maximum absolute atomic E-state index is 12.8. The highest BCUT2D eigenvalue weighted by atomic mass is 35.5. The van der Waals surface area contributed by atoms with Gasteiger partial charge in [-0.2, -0.15) is 5.10 Å². The summed E-state index contributed by atoms with van der Waals surface area (Å²) in [7, 11) is 1.73. The summed E-state index contributed by atoms with van der Waals surface area (Å²) in [5.74, 6) is -1.96. The van der Waals surface area contributed by atoms with E-state index in [-0.39, 0.29) is 18.4 Å². The molecule has 0 unspecified atom stereocenters. The van der Waals surface area contributed by atoms with Crippen LogP contribution in [0.1, 0.15) is 34.6 Å². The van der Waals surface area contributed by atoms with Gasteiger partial charge in [0, 0.05) is 31.1 Å². The van der Waals surface area contributed by atoms with E-state index in [1.807, 2.05) is 19.1 Å². The van der Waals surface area contributed by atoms with E-state index in [0.717, 1.165) is 17.7 Å². The van der Waals surface area contributed by atoms with Gasteiger partial charge in [-0.3, -0.25) is 14.3 Å². The van der Waals surface area contributed by atoms with Gasteiger partial charge in [-0.15, -0.1) is 0 Å². The summed E-state index contributed by atoms with van der Waals surface area (Å²) in [6, 6.07) is 8.92. The van der Waals surface area contributed by atoms with E-state index in [2.05, 4.69) is 5.10 Å². The summed E-state index contributed by atoms with van der Waals surface area (Å²) in [6.45, 7) is 2.53. The minimum absolute atomic E-state index is 0.183. The van der Waals surface area contributed by atoms with Gasteiger partial charge in [0.25, 0.3) is 5.91 Å². The molecule has 2 aromatic rings. The Labute approximate surface area is 151 Å². The summed E-state index contributed by atoms with van der Waals surface area (Å²) in [6.07, 6.45) is 0.742. The van der Waals surface area contributed by atoms with Crippen molar-refractivity contribution in [2.24, 2.45) is 13.0 Å². The van der Waals surface area contributed by atoms with Crippen LogP contribution < -0.4 is 0 Å². The lowest BCUT2D eigenvalue weighted by Gasteiger charge is -2.16. The van der Waals surface area contributed by atoms with Crippen molar-refractivity contribution in [1.29, 1.82) is 0 Å². The van der Waals surface area contributed by atoms with Crippen molar-refractivity contribution in [2.75, 3.05) is 13.1 Å². The number of likely N-dealkylation sites (tertiary alicyclic amines) is 1. The van der Waals surface area contributed by atoms with Crippen LogP contribution >= 0.6 is 11.6 Å². The Hall–Kier alpha value is -2.34. The van der Waals surface area contributed by atoms with E-state index in [1.54, 1.807) is 34.8 Å². The summed E-state index contributed by atoms with van der Waals surface area (Å²) in [5.41, 5.74) is 2.21. The first-order chi connectivity index (χ1) is 11.9. The van der Waals surface area contributed by atoms with E-state index >= 15 is 0 Å². The molecule has 1 aliphatic heterocycles. The third-order valence-corrected chi connectivity index (χ3v) is 4.99. The van der Waals surface area contributed by atoms with Crippen molar-refractivity contribution in [1.82, 2.24) is 14.7 Å². The van der Waals surface area contributed by atoms with E-state index in [9.17, 15) is 14.7 Å². The number of nitrogens with zero attached hydrogens (tertiary/aromatic N) is 3. The van der Waals surface area contributed by atoms with Crippen LogP contribution in [0.15, 0.2) is 30.3 Å². The fourth-order valence-corrected chi connectivity index (χ4v) is 3.46. The molecule has 1 saturated heterocycles. The Kier molecular flexibility index (Phi) is 4.81. The lowest BCUT2D eigenvalue weighted by atomic mass is 9.89. The van der Waals surface area contributed by atoms with Gasteiger partial charge in [0.1, 0.15) is 5.69 Å². The summed E-state index contributed by atoms with van der Waals surface area (Å²) in [5, 5.41) is 14.5. The maximum Gasteiger partial charge on any atom is 0.308 e. The molecule has 7 heteroatoms. The Morgan fingerprint density at radius 3 is 2.52 bits per heavy atom. The number of aryl methyl sites for hydroxylation is 2. The molecule has 2 heterocycles. The highest BCUT2D eigenvalue weighted by molar-refractivity contribution is 6.30. The van der Waals surface area contributed by atoms with Crippen molar-refractivity contribution in [2.45, 2.75) is 19.3 Å². The second-order valence-electron chi connectivity index (χ2n) is 6.31. The molecule has 1 aliphatic rings. The number of benzene rings is 1. The summed E-state index contributed by atoms with van der Waals surface area (Å²) < 4.78 is 1.56. The van der Waals surface area contributed by atoms with Gasteiger partial charge < -0.3 is 10.0 Å². The van der Waals surface area contributed by atoms with Crippen LogP contribution in [0, 0.1) is 5.92 Å². The lowest BCUT2D eigenvalue weighted by Crippen LogP contribution is -2.31. The number of aromatic nitrogens is 2. The molecule has 0 bridgehead atoms. The molecular formula is C18H20ClN3O3. The quantitative estimate of drug-likeness (QED) is 0.908. The predicted octanol–water partition coefficient (Wildman–Crippen LogP) is 2.58. The van der Waals surface area contributed by atoms with Crippen LogP contribution in [0.2, 0.25) is 5.02 Å². The summed E-state index contributed by atoms with van der Waals surface area (Å²) in [4.78, 5) is 26.1. The van der Waals surface area contributed by atoms with E-state index in [4.69, 9.17) is 11.6 Å². The number of amides is 1. The summed E-state index contributed by atoms with van der Waals surface area (Å²) >= 11 is 5.92. The molecule has 0 radical (unpaired) electrons. The van der Waals surface area contributed by atoms with Gasteiger partial charge in [0.15, 0.2) is 0 Å². The normalized spacial score (nSPS) is 20.0. The standard InChI is InChI=1S/C18H20ClN3O3/c1-3-13-8-16(21(2)20-13)17(23)22-9-14(15(10-22)18(24)25)11-4-6-12(19)7-5-11/h4-8,14-15H,3,9-10H2,1-2H3,(H,24,25)/t14-,15+/m0/s1. The average Bonchev–Trinajstić information content (AvgIpc) is 3.19. The Morgan fingerprint density at radius 2 is 1.96 bits per heavy atom. The highest BCUT2D eigenvalue weighted by Gasteiger charge is 2.41. The zero-order valence-corrected chi connectivity index (χ0v) is 14.9. The fourth-order valence-electron chi connectivity index (χ4n) is 3.33. The first kappa shape index (κ1) is 17.5. The van der Waals surface area contributed by atoms with E-state index in [0.29, 0.717) is 17.3 Å². The van der Waals surface area contributed by atoms with Gasteiger partial charge >= 0.3 is 5.97 Å². The van der Waals surface area contributed by atoms with Crippen molar-refractivity contribution in [3.05, 3.63) is 52.3 Å². The van der Waals surface area contributed by atoms with Gasteiger partial charge in [-0.1, -0.05) is 30.7 Å². The third kappa shape index (κ3) is 3.39. The van der Waals surface area contributed by atoms with Crippen molar-refractivity contribution < 1.29 is 14.7 Å². The number of aliphatic carboxylic acids is 1. The number of carboxylic acid groups (broad SMARTS) is 1. The van der Waals surface area contributed by atoms with E-state index < -0.39 is 11.9 Å². The topological polar surface area (TPSA) is 75.4 Å². The van der Waals surface area contributed by atoms with Crippen LogP contribution in [-0.2, 0) is 18.3 Å². The Balaban J connectivity index is 1.86. The number of carboxylic acids is 1. The van der Waals surface area contributed by atoms with Gasteiger partial charge in [-0.25, -0.2) is 0 Å². The molecule has 1 aromatic carbocycles.